The van der Waals surface area contributed by atoms with Gasteiger partial charge < -0.3 is 4.42 Å². The molecule has 0 saturated carbocycles. The van der Waals surface area contributed by atoms with Gasteiger partial charge in [-0.15, -0.1) is 21.8 Å². The van der Waals surface area contributed by atoms with Gasteiger partial charge in [0.25, 0.3) is 5.89 Å². The minimum absolute atomic E-state index is 0.214. The van der Waals surface area contributed by atoms with Gasteiger partial charge in [0.2, 0.25) is 5.89 Å². The number of hydrogen-bond donors (Lipinski definition) is 0. The van der Waals surface area contributed by atoms with Crippen LogP contribution in [0.3, 0.4) is 0 Å². The molecule has 0 bridgehead atoms. The Bertz CT molecular complexity index is 241. The zero-order chi connectivity index (χ0) is 8.97. The third-order valence-electron chi connectivity index (χ3n) is 1.19. The summed E-state index contributed by atoms with van der Waals surface area (Å²) >= 11 is 5.38. The van der Waals surface area contributed by atoms with E-state index in [1.54, 1.807) is 0 Å². The highest BCUT2D eigenvalue weighted by Crippen LogP contribution is 2.16. The lowest BCUT2D eigenvalue weighted by atomic mass is 10.3. The lowest BCUT2D eigenvalue weighted by Gasteiger charge is -1.89. The molecule has 3 nitrogen and oxygen atoms in total. The predicted octanol–water partition coefficient (Wildman–Crippen LogP) is 2.18. The summed E-state index contributed by atoms with van der Waals surface area (Å²) in [5, 5.41) is 6.58. The fourth-order valence-electron chi connectivity index (χ4n) is 0.674. The number of rotatable bonds is 4. The number of halogens is 3. The van der Waals surface area contributed by atoms with Gasteiger partial charge in [0.1, 0.15) is 0 Å². The van der Waals surface area contributed by atoms with E-state index < -0.39 is 12.3 Å². The van der Waals surface area contributed by atoms with Gasteiger partial charge in [0.05, 0.1) is 0 Å². The van der Waals surface area contributed by atoms with Crippen molar-refractivity contribution in [3.8, 4) is 0 Å². The maximum absolute atomic E-state index is 11.9. The van der Waals surface area contributed by atoms with Crippen molar-refractivity contribution < 1.29 is 13.2 Å². The van der Waals surface area contributed by atoms with Crippen LogP contribution >= 0.6 is 11.6 Å². The molecule has 6 heteroatoms. The molecule has 1 rings (SSSR count). The summed E-state index contributed by atoms with van der Waals surface area (Å²) in [6.07, 6.45) is -1.60. The molecule has 0 radical (unpaired) electrons. The fraction of sp³-hybridized carbons (Fsp3) is 0.667. The summed E-state index contributed by atoms with van der Waals surface area (Å²) in [6, 6.07) is 0. The number of nitrogens with zero attached hydrogens (tertiary/aromatic N) is 2. The lowest BCUT2D eigenvalue weighted by molar-refractivity contribution is 0.113. The molecule has 0 amide bonds. The number of aryl methyl sites for hydroxylation is 1. The van der Waals surface area contributed by atoms with Crippen molar-refractivity contribution >= 4 is 11.6 Å². The molecule has 0 saturated heterocycles. The summed E-state index contributed by atoms with van der Waals surface area (Å²) < 4.78 is 28.4. The zero-order valence-corrected chi connectivity index (χ0v) is 6.89. The van der Waals surface area contributed by atoms with Crippen LogP contribution in [0.5, 0.6) is 0 Å². The molecule has 0 aromatic carbocycles. The third-order valence-corrected chi connectivity index (χ3v) is 1.46. The van der Waals surface area contributed by atoms with Gasteiger partial charge in [0, 0.05) is 12.3 Å². The van der Waals surface area contributed by atoms with Crippen LogP contribution in [0.2, 0.25) is 0 Å². The van der Waals surface area contributed by atoms with E-state index >= 15 is 0 Å². The van der Waals surface area contributed by atoms with Crippen LogP contribution in [0.25, 0.3) is 0 Å². The monoisotopic (exact) mass is 196 g/mol. The van der Waals surface area contributed by atoms with Crippen molar-refractivity contribution in [3.63, 3.8) is 0 Å². The van der Waals surface area contributed by atoms with Gasteiger partial charge in [-0.2, -0.15) is 8.78 Å². The zero-order valence-electron chi connectivity index (χ0n) is 6.14. The van der Waals surface area contributed by atoms with Crippen molar-refractivity contribution in [1.82, 2.24) is 10.2 Å². The Hall–Kier alpha value is -0.710. The molecular formula is C6H7ClF2N2O. The summed E-state index contributed by atoms with van der Waals surface area (Å²) in [7, 11) is 0. The molecule has 1 aromatic rings. The Labute approximate surface area is 72.7 Å². The van der Waals surface area contributed by atoms with Crippen LogP contribution in [0.4, 0.5) is 8.78 Å². The molecule has 0 N–H and O–H groups in total. The Balaban J connectivity index is 2.52. The Kier molecular flexibility index (Phi) is 3.40. The van der Waals surface area contributed by atoms with Crippen LogP contribution in [0, 0.1) is 0 Å². The molecule has 0 aliphatic heterocycles. The second kappa shape index (κ2) is 4.35. The topological polar surface area (TPSA) is 38.9 Å². The Morgan fingerprint density at radius 3 is 2.67 bits per heavy atom. The standard InChI is InChI=1S/C6H7ClF2N2O/c7-3-1-2-4-10-11-6(12-4)5(8)9/h5H,1-3H2. The lowest BCUT2D eigenvalue weighted by Crippen LogP contribution is -1.85. The van der Waals surface area contributed by atoms with Crippen molar-refractivity contribution in [2.24, 2.45) is 0 Å². The highest BCUT2D eigenvalue weighted by atomic mass is 35.5. The summed E-state index contributed by atoms with van der Waals surface area (Å²) in [5.74, 6) is 0.0392. The van der Waals surface area contributed by atoms with Crippen LogP contribution in [0.1, 0.15) is 24.6 Å². The fourth-order valence-corrected chi connectivity index (χ4v) is 0.807. The van der Waals surface area contributed by atoms with E-state index in [1.165, 1.54) is 0 Å². The second-order valence-corrected chi connectivity index (χ2v) is 2.51. The van der Waals surface area contributed by atoms with Crippen molar-refractivity contribution in [2.45, 2.75) is 19.3 Å². The third kappa shape index (κ3) is 2.41. The van der Waals surface area contributed by atoms with Gasteiger partial charge in [-0.25, -0.2) is 0 Å². The Morgan fingerprint density at radius 1 is 1.42 bits per heavy atom. The molecule has 0 atom stereocenters. The largest absolute Gasteiger partial charge is 0.420 e. The molecule has 0 fully saturated rings. The van der Waals surface area contributed by atoms with Gasteiger partial charge in [0.15, 0.2) is 0 Å². The van der Waals surface area contributed by atoms with Crippen molar-refractivity contribution in [1.29, 1.82) is 0 Å². The molecular weight excluding hydrogens is 190 g/mol. The summed E-state index contributed by atoms with van der Waals surface area (Å²) in [4.78, 5) is 0. The molecule has 0 spiro atoms. The average molecular weight is 197 g/mol. The second-order valence-electron chi connectivity index (χ2n) is 2.13. The van der Waals surface area contributed by atoms with E-state index in [1.807, 2.05) is 0 Å². The molecule has 0 aliphatic carbocycles. The van der Waals surface area contributed by atoms with E-state index in [-0.39, 0.29) is 5.89 Å². The first-order valence-electron chi connectivity index (χ1n) is 3.40. The van der Waals surface area contributed by atoms with Gasteiger partial charge >= 0.3 is 6.43 Å². The molecule has 1 aromatic heterocycles. The molecule has 68 valence electrons. The highest BCUT2D eigenvalue weighted by molar-refractivity contribution is 6.17. The van der Waals surface area contributed by atoms with Gasteiger partial charge in [-0.3, -0.25) is 0 Å². The normalized spacial score (nSPS) is 11.0. The first kappa shape index (κ1) is 9.38. The first-order chi connectivity index (χ1) is 5.74. The van der Waals surface area contributed by atoms with Gasteiger partial charge in [-0.1, -0.05) is 0 Å². The minimum atomic E-state index is -2.69. The van der Waals surface area contributed by atoms with Crippen LogP contribution in [-0.4, -0.2) is 16.1 Å². The maximum Gasteiger partial charge on any atom is 0.314 e. The van der Waals surface area contributed by atoms with Gasteiger partial charge in [-0.05, 0) is 6.42 Å². The highest BCUT2D eigenvalue weighted by Gasteiger charge is 2.15. The summed E-state index contributed by atoms with van der Waals surface area (Å²) in [5.41, 5.74) is 0. The number of hydrogen-bond acceptors (Lipinski definition) is 3. The Morgan fingerprint density at radius 2 is 2.17 bits per heavy atom. The maximum atomic E-state index is 11.9. The van der Waals surface area contributed by atoms with E-state index in [0.717, 1.165) is 0 Å². The van der Waals surface area contributed by atoms with Crippen molar-refractivity contribution in [2.75, 3.05) is 5.88 Å². The first-order valence-corrected chi connectivity index (χ1v) is 3.94. The van der Waals surface area contributed by atoms with E-state index in [0.29, 0.717) is 18.7 Å². The number of alkyl halides is 3. The predicted molar refractivity (Wildman–Crippen MR) is 38.3 cm³/mol. The quantitative estimate of drug-likeness (QED) is 0.693. The van der Waals surface area contributed by atoms with Crippen LogP contribution in [-0.2, 0) is 6.42 Å². The molecule has 1 heterocycles. The smallest absolute Gasteiger partial charge is 0.314 e. The van der Waals surface area contributed by atoms with Crippen LogP contribution in [0.15, 0.2) is 4.42 Å². The minimum Gasteiger partial charge on any atom is -0.420 e. The summed E-state index contributed by atoms with van der Waals surface area (Å²) in [6.45, 7) is 0. The molecule has 0 aliphatic rings. The average Bonchev–Trinajstić information content (AvgIpc) is 2.48. The van der Waals surface area contributed by atoms with E-state index in [4.69, 9.17) is 11.6 Å². The van der Waals surface area contributed by atoms with Crippen molar-refractivity contribution in [3.05, 3.63) is 11.8 Å². The number of aromatic nitrogens is 2. The SMILES string of the molecule is FC(F)c1nnc(CCCCl)o1. The van der Waals surface area contributed by atoms with E-state index in [9.17, 15) is 8.78 Å². The molecule has 0 unspecified atom stereocenters. The molecule has 12 heavy (non-hydrogen) atoms. The van der Waals surface area contributed by atoms with E-state index in [2.05, 4.69) is 14.6 Å². The van der Waals surface area contributed by atoms with Crippen LogP contribution < -0.4 is 0 Å².